The van der Waals surface area contributed by atoms with E-state index in [1.165, 1.54) is 7.11 Å². The Bertz CT molecular complexity index is 1010. The number of hydrogen-bond acceptors (Lipinski definition) is 5. The summed E-state index contributed by atoms with van der Waals surface area (Å²) in [7, 11) is -2.20. The van der Waals surface area contributed by atoms with Crippen molar-refractivity contribution in [1.82, 2.24) is 9.62 Å². The largest absolute Gasteiger partial charge is 0.465 e. The Morgan fingerprint density at radius 1 is 0.935 bits per heavy atom. The molecular formula is C23H28N2O5S. The normalized spacial score (nSPS) is 15.1. The first kappa shape index (κ1) is 23.0. The molecule has 0 unspecified atom stereocenters. The fourth-order valence-electron chi connectivity index (χ4n) is 3.64. The van der Waals surface area contributed by atoms with E-state index in [1.807, 2.05) is 0 Å². The Hall–Kier alpha value is -2.71. The van der Waals surface area contributed by atoms with E-state index in [0.29, 0.717) is 31.0 Å². The van der Waals surface area contributed by atoms with Gasteiger partial charge in [-0.3, -0.25) is 4.79 Å². The van der Waals surface area contributed by atoms with Gasteiger partial charge in [-0.15, -0.1) is 0 Å². The fraction of sp³-hybridized carbons (Fsp3) is 0.391. The Kier molecular flexibility index (Phi) is 7.81. The average molecular weight is 445 g/mol. The lowest BCUT2D eigenvalue weighted by Gasteiger charge is -2.20. The highest BCUT2D eigenvalue weighted by molar-refractivity contribution is 7.89. The number of ether oxygens (including phenoxy) is 1. The summed E-state index contributed by atoms with van der Waals surface area (Å²) in [6.45, 7) is 1.50. The van der Waals surface area contributed by atoms with E-state index in [1.54, 1.807) is 52.8 Å². The lowest BCUT2D eigenvalue weighted by atomic mass is 10.1. The number of sulfonamides is 1. The van der Waals surface area contributed by atoms with Gasteiger partial charge in [0.05, 0.1) is 23.1 Å². The van der Waals surface area contributed by atoms with Crippen molar-refractivity contribution in [1.29, 1.82) is 0 Å². The highest BCUT2D eigenvalue weighted by atomic mass is 32.2. The van der Waals surface area contributed by atoms with Crippen LogP contribution in [0.25, 0.3) is 0 Å². The number of nitrogens with zero attached hydrogens (tertiary/aromatic N) is 1. The third kappa shape index (κ3) is 5.71. The van der Waals surface area contributed by atoms with Crippen LogP contribution in [0.5, 0.6) is 0 Å². The van der Waals surface area contributed by atoms with Gasteiger partial charge in [0, 0.05) is 19.6 Å². The summed E-state index contributed by atoms with van der Waals surface area (Å²) in [5, 5.41) is 2.80. The predicted molar refractivity (Wildman–Crippen MR) is 117 cm³/mol. The molecule has 1 aliphatic rings. The maximum Gasteiger partial charge on any atom is 0.338 e. The summed E-state index contributed by atoms with van der Waals surface area (Å²) >= 11 is 0. The van der Waals surface area contributed by atoms with Crippen LogP contribution in [-0.4, -0.2) is 51.3 Å². The zero-order chi connectivity index (χ0) is 22.3. The molecule has 0 saturated carbocycles. The molecule has 0 bridgehead atoms. The Morgan fingerprint density at radius 3 is 2.16 bits per heavy atom. The molecule has 0 aromatic heterocycles. The van der Waals surface area contributed by atoms with Gasteiger partial charge in [-0.2, -0.15) is 4.31 Å². The molecule has 1 fully saturated rings. The van der Waals surface area contributed by atoms with Crippen LogP contribution >= 0.6 is 0 Å². The molecule has 1 amide bonds. The number of esters is 1. The first-order valence-electron chi connectivity index (χ1n) is 10.5. The first-order chi connectivity index (χ1) is 14.9. The molecule has 0 spiro atoms. The molecule has 3 rings (SSSR count). The standard InChI is InChI=1S/C23H28N2O5S/c1-30-23(27)21-9-5-4-8-20(21)22(26)24-15-14-18-10-12-19(13-11-18)31(28,29)25-16-6-2-3-7-17-25/h4-5,8-13H,2-3,6-7,14-17H2,1H3,(H,24,26). The molecule has 8 heteroatoms. The van der Waals surface area contributed by atoms with Crippen molar-refractivity contribution in [3.05, 3.63) is 65.2 Å². The third-order valence-electron chi connectivity index (χ3n) is 5.40. The monoisotopic (exact) mass is 444 g/mol. The highest BCUT2D eigenvalue weighted by Gasteiger charge is 2.25. The second-order valence-corrected chi connectivity index (χ2v) is 9.44. The van der Waals surface area contributed by atoms with Gasteiger partial charge in [0.15, 0.2) is 0 Å². The molecular weight excluding hydrogens is 416 g/mol. The van der Waals surface area contributed by atoms with Gasteiger partial charge in [0.1, 0.15) is 0 Å². The van der Waals surface area contributed by atoms with Crippen LogP contribution < -0.4 is 5.32 Å². The number of amides is 1. The van der Waals surface area contributed by atoms with Gasteiger partial charge < -0.3 is 10.1 Å². The van der Waals surface area contributed by atoms with Gasteiger partial charge in [-0.1, -0.05) is 37.1 Å². The third-order valence-corrected chi connectivity index (χ3v) is 7.32. The molecule has 7 nitrogen and oxygen atoms in total. The molecule has 0 radical (unpaired) electrons. The number of benzene rings is 2. The van der Waals surface area contributed by atoms with Gasteiger partial charge in [-0.25, -0.2) is 13.2 Å². The van der Waals surface area contributed by atoms with E-state index in [4.69, 9.17) is 4.74 Å². The summed E-state index contributed by atoms with van der Waals surface area (Å²) in [6, 6.07) is 13.3. The van der Waals surface area contributed by atoms with Crippen LogP contribution in [0.4, 0.5) is 0 Å². The van der Waals surface area contributed by atoms with Crippen molar-refractivity contribution < 1.29 is 22.7 Å². The molecule has 1 saturated heterocycles. The number of methoxy groups -OCH3 is 1. The van der Waals surface area contributed by atoms with Crippen molar-refractivity contribution in [2.24, 2.45) is 0 Å². The summed E-state index contributed by atoms with van der Waals surface area (Å²) in [5.41, 5.74) is 1.38. The summed E-state index contributed by atoms with van der Waals surface area (Å²) in [6.07, 6.45) is 4.48. The fourth-order valence-corrected chi connectivity index (χ4v) is 5.16. The zero-order valence-electron chi connectivity index (χ0n) is 17.7. The van der Waals surface area contributed by atoms with Crippen molar-refractivity contribution in [2.45, 2.75) is 37.0 Å². The van der Waals surface area contributed by atoms with E-state index in [9.17, 15) is 18.0 Å². The van der Waals surface area contributed by atoms with Crippen LogP contribution in [0.3, 0.4) is 0 Å². The molecule has 1 N–H and O–H groups in total. The van der Waals surface area contributed by atoms with E-state index in [-0.39, 0.29) is 17.0 Å². The quantitative estimate of drug-likeness (QED) is 0.663. The van der Waals surface area contributed by atoms with Crippen molar-refractivity contribution >= 4 is 21.9 Å². The van der Waals surface area contributed by atoms with Crippen LogP contribution in [0.1, 0.15) is 52.0 Å². The first-order valence-corrected chi connectivity index (χ1v) is 11.9. The smallest absolute Gasteiger partial charge is 0.338 e. The lowest BCUT2D eigenvalue weighted by Crippen LogP contribution is -2.31. The Balaban J connectivity index is 1.59. The lowest BCUT2D eigenvalue weighted by molar-refractivity contribution is 0.0596. The minimum absolute atomic E-state index is 0.213. The topological polar surface area (TPSA) is 92.8 Å². The van der Waals surface area contributed by atoms with Gasteiger partial charge in [0.2, 0.25) is 10.0 Å². The Morgan fingerprint density at radius 2 is 1.55 bits per heavy atom. The van der Waals surface area contributed by atoms with Gasteiger partial charge in [-0.05, 0) is 49.1 Å². The minimum atomic E-state index is -3.47. The molecule has 2 aromatic carbocycles. The van der Waals surface area contributed by atoms with Gasteiger partial charge >= 0.3 is 5.97 Å². The number of carbonyl (C=O) groups excluding carboxylic acids is 2. The van der Waals surface area contributed by atoms with E-state index < -0.39 is 16.0 Å². The molecule has 31 heavy (non-hydrogen) atoms. The maximum absolute atomic E-state index is 12.9. The number of hydrogen-bond donors (Lipinski definition) is 1. The number of nitrogens with one attached hydrogen (secondary N) is 1. The van der Waals surface area contributed by atoms with Crippen LogP contribution in [0.15, 0.2) is 53.4 Å². The van der Waals surface area contributed by atoms with Crippen molar-refractivity contribution in [3.8, 4) is 0 Å². The van der Waals surface area contributed by atoms with E-state index >= 15 is 0 Å². The summed E-state index contributed by atoms with van der Waals surface area (Å²) < 4.78 is 32.0. The van der Waals surface area contributed by atoms with Gasteiger partial charge in [0.25, 0.3) is 5.91 Å². The van der Waals surface area contributed by atoms with E-state index in [2.05, 4.69) is 5.32 Å². The number of carbonyl (C=O) groups is 2. The second-order valence-electron chi connectivity index (χ2n) is 7.51. The van der Waals surface area contributed by atoms with Crippen molar-refractivity contribution in [3.63, 3.8) is 0 Å². The summed E-state index contributed by atoms with van der Waals surface area (Å²) in [4.78, 5) is 24.6. The molecule has 0 atom stereocenters. The number of rotatable bonds is 7. The van der Waals surface area contributed by atoms with Crippen LogP contribution in [0, 0.1) is 0 Å². The predicted octanol–water partition coefficient (Wildman–Crippen LogP) is 3.01. The average Bonchev–Trinajstić information content (AvgIpc) is 3.09. The molecule has 1 heterocycles. The zero-order valence-corrected chi connectivity index (χ0v) is 18.5. The SMILES string of the molecule is COC(=O)c1ccccc1C(=O)NCCc1ccc(S(=O)(=O)N2CCCCCC2)cc1. The summed E-state index contributed by atoms with van der Waals surface area (Å²) in [5.74, 6) is -0.923. The molecule has 1 aliphatic heterocycles. The highest BCUT2D eigenvalue weighted by Crippen LogP contribution is 2.20. The molecule has 0 aliphatic carbocycles. The Labute approximate surface area is 183 Å². The maximum atomic E-state index is 12.9. The van der Waals surface area contributed by atoms with Crippen LogP contribution in [-0.2, 0) is 21.2 Å². The molecule has 2 aromatic rings. The van der Waals surface area contributed by atoms with Crippen molar-refractivity contribution in [2.75, 3.05) is 26.7 Å². The second kappa shape index (κ2) is 10.5. The van der Waals surface area contributed by atoms with Crippen LogP contribution in [0.2, 0.25) is 0 Å². The minimum Gasteiger partial charge on any atom is -0.465 e. The molecule has 166 valence electrons. The van der Waals surface area contributed by atoms with E-state index in [0.717, 1.165) is 31.2 Å².